The lowest BCUT2D eigenvalue weighted by molar-refractivity contribution is 0.104. The number of ketones is 1. The average Bonchev–Trinajstić information content (AvgIpc) is 3.56. The van der Waals surface area contributed by atoms with Gasteiger partial charge in [0.2, 0.25) is 0 Å². The van der Waals surface area contributed by atoms with Crippen molar-refractivity contribution in [1.82, 2.24) is 19.6 Å². The normalized spacial score (nSPS) is 11.5. The molecule has 0 unspecified atom stereocenters. The van der Waals surface area contributed by atoms with Crippen molar-refractivity contribution < 1.29 is 9.53 Å². The van der Waals surface area contributed by atoms with E-state index < -0.39 is 0 Å². The van der Waals surface area contributed by atoms with E-state index in [9.17, 15) is 4.79 Å². The van der Waals surface area contributed by atoms with E-state index in [4.69, 9.17) is 4.74 Å². The highest BCUT2D eigenvalue weighted by molar-refractivity contribution is 6.10. The summed E-state index contributed by atoms with van der Waals surface area (Å²) in [6.07, 6.45) is 5.34. The van der Waals surface area contributed by atoms with Gasteiger partial charge in [-0.2, -0.15) is 0 Å². The number of aryl methyl sites for hydroxylation is 1. The fourth-order valence-electron chi connectivity index (χ4n) is 4.98. The number of nitrogens with zero attached hydrogens (tertiary/aromatic N) is 4. The Balaban J connectivity index is 1.17. The van der Waals surface area contributed by atoms with Gasteiger partial charge in [-0.25, -0.2) is 4.68 Å². The molecular weight excluding hydrogens is 484 g/mol. The molecule has 0 radical (unpaired) electrons. The van der Waals surface area contributed by atoms with Crippen LogP contribution in [0.3, 0.4) is 0 Å². The molecule has 192 valence electrons. The lowest BCUT2D eigenvalue weighted by Crippen LogP contribution is -2.02. The number of aromatic nitrogens is 4. The molecule has 0 atom stereocenters. The van der Waals surface area contributed by atoms with Crippen LogP contribution in [0.1, 0.15) is 34.1 Å². The topological polar surface area (TPSA) is 61.9 Å². The summed E-state index contributed by atoms with van der Waals surface area (Å²) < 4.78 is 10.1. The number of carbonyl (C=O) groups is 1. The van der Waals surface area contributed by atoms with Gasteiger partial charge in [-0.05, 0) is 54.5 Å². The number of hydrogen-bond donors (Lipinski definition) is 0. The fourth-order valence-corrected chi connectivity index (χ4v) is 4.98. The highest BCUT2D eigenvalue weighted by Gasteiger charge is 2.12. The Hall–Kier alpha value is -4.97. The molecule has 2 aromatic heterocycles. The van der Waals surface area contributed by atoms with Crippen molar-refractivity contribution >= 4 is 33.7 Å². The summed E-state index contributed by atoms with van der Waals surface area (Å²) in [6.45, 7) is 3.92. The molecule has 6 aromatic rings. The van der Waals surface area contributed by atoms with Gasteiger partial charge < -0.3 is 9.30 Å². The van der Waals surface area contributed by atoms with E-state index in [1.54, 1.807) is 22.9 Å². The third kappa shape index (κ3) is 5.09. The van der Waals surface area contributed by atoms with Crippen molar-refractivity contribution in [3.63, 3.8) is 0 Å². The minimum atomic E-state index is -0.116. The zero-order valence-electron chi connectivity index (χ0n) is 21.7. The second kappa shape index (κ2) is 10.8. The third-order valence-corrected chi connectivity index (χ3v) is 6.84. The van der Waals surface area contributed by atoms with Crippen LogP contribution in [0.5, 0.6) is 5.75 Å². The van der Waals surface area contributed by atoms with Gasteiger partial charge in [0.1, 0.15) is 18.1 Å². The van der Waals surface area contributed by atoms with Crippen LogP contribution in [0.15, 0.2) is 109 Å². The molecule has 0 aliphatic rings. The van der Waals surface area contributed by atoms with Crippen LogP contribution >= 0.6 is 0 Å². The number of ether oxygens (including phenoxy) is 1. The van der Waals surface area contributed by atoms with E-state index in [0.29, 0.717) is 23.6 Å². The van der Waals surface area contributed by atoms with Crippen LogP contribution < -0.4 is 4.74 Å². The molecule has 6 heteroatoms. The van der Waals surface area contributed by atoms with Gasteiger partial charge in [-0.3, -0.25) is 4.79 Å². The molecule has 2 heterocycles. The van der Waals surface area contributed by atoms with Gasteiger partial charge >= 0.3 is 0 Å². The quantitative estimate of drug-likeness (QED) is 0.156. The Bertz CT molecular complexity index is 1800. The number of allylic oxidation sites excluding steroid dienone is 1. The lowest BCUT2D eigenvalue weighted by Gasteiger charge is -2.08. The molecular formula is C33H28N4O2. The Labute approximate surface area is 226 Å². The summed E-state index contributed by atoms with van der Waals surface area (Å²) in [4.78, 5) is 13.2. The van der Waals surface area contributed by atoms with Crippen LogP contribution in [-0.2, 0) is 19.7 Å². The van der Waals surface area contributed by atoms with E-state index in [0.717, 1.165) is 17.7 Å². The Morgan fingerprint density at radius 2 is 1.64 bits per heavy atom. The first kappa shape index (κ1) is 24.4. The van der Waals surface area contributed by atoms with Gasteiger partial charge in [0.15, 0.2) is 5.78 Å². The molecule has 0 saturated heterocycles. The zero-order valence-corrected chi connectivity index (χ0v) is 21.7. The number of hydrogen-bond acceptors (Lipinski definition) is 4. The predicted octanol–water partition coefficient (Wildman–Crippen LogP) is 6.93. The van der Waals surface area contributed by atoms with Gasteiger partial charge in [-0.15, -0.1) is 5.10 Å². The third-order valence-electron chi connectivity index (χ3n) is 6.84. The van der Waals surface area contributed by atoms with Gasteiger partial charge in [0, 0.05) is 28.4 Å². The second-order valence-corrected chi connectivity index (χ2v) is 9.41. The minimum Gasteiger partial charge on any atom is -0.486 e. The summed E-state index contributed by atoms with van der Waals surface area (Å²) >= 11 is 0. The average molecular weight is 513 g/mol. The van der Waals surface area contributed by atoms with Gasteiger partial charge in [0.05, 0.1) is 18.3 Å². The standard InChI is InChI=1S/C33H28N4O2/c1-2-37-30-14-8-6-12-27(30)29-20-24(16-18-31(29)37)17-19-32(38)28-13-7-9-15-33(28)39-23-26-22-36(35-34-26)21-25-10-4-3-5-11-25/h3-20,22H,2,21,23H2,1H3/b19-17+. The largest absolute Gasteiger partial charge is 0.486 e. The monoisotopic (exact) mass is 512 g/mol. The highest BCUT2D eigenvalue weighted by atomic mass is 16.5. The summed E-state index contributed by atoms with van der Waals surface area (Å²) in [5.74, 6) is 0.403. The van der Waals surface area contributed by atoms with Crippen molar-refractivity contribution in [3.8, 4) is 5.75 Å². The molecule has 0 amide bonds. The molecule has 0 bridgehead atoms. The zero-order chi connectivity index (χ0) is 26.6. The SMILES string of the molecule is CCn1c2ccccc2c2cc(/C=C/C(=O)c3ccccc3OCc3cn(Cc4ccccc4)nn3)ccc21. The molecule has 0 N–H and O–H groups in total. The molecule has 0 aliphatic carbocycles. The summed E-state index contributed by atoms with van der Waals surface area (Å²) in [7, 11) is 0. The Morgan fingerprint density at radius 1 is 0.872 bits per heavy atom. The fraction of sp³-hybridized carbons (Fsp3) is 0.121. The number of carbonyl (C=O) groups excluding carboxylic acids is 1. The Kier molecular flexibility index (Phi) is 6.75. The molecule has 39 heavy (non-hydrogen) atoms. The molecule has 0 aliphatic heterocycles. The van der Waals surface area contributed by atoms with Crippen molar-refractivity contribution in [3.05, 3.63) is 132 Å². The van der Waals surface area contributed by atoms with Crippen molar-refractivity contribution in [2.75, 3.05) is 0 Å². The number of benzene rings is 4. The van der Waals surface area contributed by atoms with E-state index >= 15 is 0 Å². The summed E-state index contributed by atoms with van der Waals surface area (Å²) in [5.41, 5.74) is 5.74. The number of fused-ring (bicyclic) bond motifs is 3. The first-order valence-electron chi connectivity index (χ1n) is 13.1. The van der Waals surface area contributed by atoms with Gasteiger partial charge in [0.25, 0.3) is 0 Å². The minimum absolute atomic E-state index is 0.116. The predicted molar refractivity (Wildman–Crippen MR) is 155 cm³/mol. The molecule has 0 spiro atoms. The molecule has 6 rings (SSSR count). The highest BCUT2D eigenvalue weighted by Crippen LogP contribution is 2.30. The van der Waals surface area contributed by atoms with Crippen LogP contribution in [0.2, 0.25) is 0 Å². The van der Waals surface area contributed by atoms with Crippen LogP contribution in [0.25, 0.3) is 27.9 Å². The number of rotatable bonds is 9. The first-order valence-corrected chi connectivity index (χ1v) is 13.1. The molecule has 0 saturated carbocycles. The maximum atomic E-state index is 13.2. The smallest absolute Gasteiger partial charge is 0.189 e. The summed E-state index contributed by atoms with van der Waals surface area (Å²) in [5, 5.41) is 10.8. The lowest BCUT2D eigenvalue weighted by atomic mass is 10.1. The van der Waals surface area contributed by atoms with E-state index in [1.807, 2.05) is 42.6 Å². The number of para-hydroxylation sites is 2. The first-order chi connectivity index (χ1) is 19.2. The second-order valence-electron chi connectivity index (χ2n) is 9.41. The molecule has 0 fully saturated rings. The van der Waals surface area contributed by atoms with Crippen molar-refractivity contribution in [2.24, 2.45) is 0 Å². The van der Waals surface area contributed by atoms with Crippen LogP contribution in [-0.4, -0.2) is 25.3 Å². The maximum absolute atomic E-state index is 13.2. The van der Waals surface area contributed by atoms with Crippen molar-refractivity contribution in [2.45, 2.75) is 26.6 Å². The van der Waals surface area contributed by atoms with E-state index in [-0.39, 0.29) is 12.4 Å². The van der Waals surface area contributed by atoms with E-state index in [1.165, 1.54) is 21.8 Å². The molecule has 4 aromatic carbocycles. The maximum Gasteiger partial charge on any atom is 0.189 e. The van der Waals surface area contributed by atoms with E-state index in [2.05, 4.69) is 76.4 Å². The van der Waals surface area contributed by atoms with Gasteiger partial charge in [-0.1, -0.05) is 78.0 Å². The summed E-state index contributed by atoms with van der Waals surface area (Å²) in [6, 6.07) is 32.2. The molecule has 6 nitrogen and oxygen atoms in total. The van der Waals surface area contributed by atoms with Crippen LogP contribution in [0.4, 0.5) is 0 Å². The Morgan fingerprint density at radius 3 is 2.51 bits per heavy atom. The van der Waals surface area contributed by atoms with Crippen molar-refractivity contribution in [1.29, 1.82) is 0 Å². The van der Waals surface area contributed by atoms with Crippen LogP contribution in [0, 0.1) is 0 Å².